The van der Waals surface area contributed by atoms with Gasteiger partial charge < -0.3 is 14.7 Å². The number of likely N-dealkylation sites (tertiary alicyclic amines) is 1. The summed E-state index contributed by atoms with van der Waals surface area (Å²) < 4.78 is 7.06. The van der Waals surface area contributed by atoms with E-state index in [0.29, 0.717) is 25.2 Å². The van der Waals surface area contributed by atoms with Gasteiger partial charge in [0.1, 0.15) is 5.60 Å². The molecular weight excluding hydrogens is 300 g/mol. The van der Waals surface area contributed by atoms with E-state index < -0.39 is 11.6 Å². The standard InChI is InChI=1S/C15H24N4O4/c1-5-11-12(13(20)21)16-17-19(11)10-7-6-8-18(9-10)14(22)23-15(2,3)4/h10H,5-9H2,1-4H3,(H,20,21)/t10-/m1/s1. The van der Waals surface area contributed by atoms with E-state index in [4.69, 9.17) is 4.74 Å². The molecule has 0 bridgehead atoms. The molecule has 1 aromatic rings. The first-order valence-electron chi connectivity index (χ1n) is 7.88. The molecule has 8 nitrogen and oxygen atoms in total. The molecule has 1 N–H and O–H groups in total. The Bertz CT molecular complexity index is 591. The molecule has 8 heteroatoms. The molecule has 1 saturated heterocycles. The van der Waals surface area contributed by atoms with Crippen molar-refractivity contribution < 1.29 is 19.4 Å². The van der Waals surface area contributed by atoms with Gasteiger partial charge in [0.05, 0.1) is 11.7 Å². The Hall–Kier alpha value is -2.12. The number of carboxylic acids is 1. The third-order valence-corrected chi connectivity index (χ3v) is 3.72. The quantitative estimate of drug-likeness (QED) is 0.914. The number of nitrogens with zero attached hydrogens (tertiary/aromatic N) is 4. The summed E-state index contributed by atoms with van der Waals surface area (Å²) in [6.45, 7) is 8.45. The molecule has 0 aliphatic carbocycles. The van der Waals surface area contributed by atoms with Gasteiger partial charge in [-0.1, -0.05) is 12.1 Å². The van der Waals surface area contributed by atoms with E-state index in [0.717, 1.165) is 12.8 Å². The number of hydrogen-bond donors (Lipinski definition) is 1. The largest absolute Gasteiger partial charge is 0.476 e. The maximum absolute atomic E-state index is 12.2. The van der Waals surface area contributed by atoms with Crippen LogP contribution in [0.4, 0.5) is 4.79 Å². The highest BCUT2D eigenvalue weighted by Gasteiger charge is 2.31. The van der Waals surface area contributed by atoms with Gasteiger partial charge >= 0.3 is 12.1 Å². The summed E-state index contributed by atoms with van der Waals surface area (Å²) in [5.41, 5.74) is 0.0398. The highest BCUT2D eigenvalue weighted by Crippen LogP contribution is 2.25. The third-order valence-electron chi connectivity index (χ3n) is 3.72. The van der Waals surface area contributed by atoms with Crippen LogP contribution in [0.15, 0.2) is 0 Å². The normalized spacial score (nSPS) is 18.8. The lowest BCUT2D eigenvalue weighted by atomic mass is 10.1. The van der Waals surface area contributed by atoms with Crippen LogP contribution < -0.4 is 0 Å². The van der Waals surface area contributed by atoms with E-state index >= 15 is 0 Å². The average molecular weight is 324 g/mol. The minimum Gasteiger partial charge on any atom is -0.476 e. The van der Waals surface area contributed by atoms with Gasteiger partial charge in [-0.2, -0.15) is 0 Å². The van der Waals surface area contributed by atoms with Crippen molar-refractivity contribution in [1.29, 1.82) is 0 Å². The number of carbonyl (C=O) groups excluding carboxylic acids is 1. The molecule has 1 amide bonds. The van der Waals surface area contributed by atoms with Gasteiger partial charge in [-0.15, -0.1) is 5.10 Å². The molecule has 23 heavy (non-hydrogen) atoms. The molecule has 2 rings (SSSR count). The molecule has 0 radical (unpaired) electrons. The predicted molar refractivity (Wildman–Crippen MR) is 82.4 cm³/mol. The lowest BCUT2D eigenvalue weighted by molar-refractivity contribution is 0.0165. The van der Waals surface area contributed by atoms with E-state index in [1.165, 1.54) is 0 Å². The summed E-state index contributed by atoms with van der Waals surface area (Å²) >= 11 is 0. The van der Waals surface area contributed by atoms with Crippen LogP contribution in [0, 0.1) is 0 Å². The number of aromatic nitrogens is 3. The van der Waals surface area contributed by atoms with E-state index in [9.17, 15) is 14.7 Å². The maximum Gasteiger partial charge on any atom is 0.410 e. The Balaban J connectivity index is 2.15. The van der Waals surface area contributed by atoms with Gasteiger partial charge in [0.2, 0.25) is 0 Å². The fourth-order valence-electron chi connectivity index (χ4n) is 2.75. The second kappa shape index (κ2) is 6.55. The zero-order valence-electron chi connectivity index (χ0n) is 14.1. The summed E-state index contributed by atoms with van der Waals surface area (Å²) in [4.78, 5) is 25.1. The molecule has 0 aromatic carbocycles. The fraction of sp³-hybridized carbons (Fsp3) is 0.733. The third kappa shape index (κ3) is 4.00. The Morgan fingerprint density at radius 2 is 2.09 bits per heavy atom. The Morgan fingerprint density at radius 3 is 2.65 bits per heavy atom. The molecule has 1 fully saturated rings. The molecule has 1 aromatic heterocycles. The van der Waals surface area contributed by atoms with Crippen molar-refractivity contribution in [2.24, 2.45) is 0 Å². The summed E-state index contributed by atoms with van der Waals surface area (Å²) in [7, 11) is 0. The van der Waals surface area contributed by atoms with Gasteiger partial charge in [0.15, 0.2) is 5.69 Å². The fourth-order valence-corrected chi connectivity index (χ4v) is 2.75. The first kappa shape index (κ1) is 17.2. The topological polar surface area (TPSA) is 97.5 Å². The second-order valence-electron chi connectivity index (χ2n) is 6.71. The SMILES string of the molecule is CCc1c(C(=O)O)nnn1[C@@H]1CCCN(C(=O)OC(C)(C)C)C1. The van der Waals surface area contributed by atoms with E-state index in [2.05, 4.69) is 10.3 Å². The van der Waals surface area contributed by atoms with Crippen molar-refractivity contribution in [1.82, 2.24) is 19.9 Å². The number of aromatic carboxylic acids is 1. The minimum absolute atomic E-state index is 0.0121. The van der Waals surface area contributed by atoms with E-state index in [1.54, 1.807) is 9.58 Å². The van der Waals surface area contributed by atoms with Crippen LogP contribution in [0.2, 0.25) is 0 Å². The van der Waals surface area contributed by atoms with Crippen LogP contribution in [0.5, 0.6) is 0 Å². The lowest BCUT2D eigenvalue weighted by Crippen LogP contribution is -2.43. The number of hydrogen-bond acceptors (Lipinski definition) is 5. The molecule has 0 unspecified atom stereocenters. The molecule has 2 heterocycles. The van der Waals surface area contributed by atoms with Gasteiger partial charge in [-0.25, -0.2) is 14.3 Å². The number of rotatable bonds is 3. The predicted octanol–water partition coefficient (Wildman–Crippen LogP) is 2.11. The summed E-state index contributed by atoms with van der Waals surface area (Å²) in [5.74, 6) is -1.08. The number of carbonyl (C=O) groups is 2. The van der Waals surface area contributed by atoms with Crippen molar-refractivity contribution in [3.8, 4) is 0 Å². The van der Waals surface area contributed by atoms with Crippen LogP contribution in [0.25, 0.3) is 0 Å². The molecule has 128 valence electrons. The molecule has 1 aliphatic heterocycles. The monoisotopic (exact) mass is 324 g/mol. The summed E-state index contributed by atoms with van der Waals surface area (Å²) in [5, 5.41) is 17.0. The van der Waals surface area contributed by atoms with Crippen molar-refractivity contribution in [3.63, 3.8) is 0 Å². The van der Waals surface area contributed by atoms with Gasteiger partial charge in [-0.05, 0) is 40.0 Å². The maximum atomic E-state index is 12.2. The Morgan fingerprint density at radius 1 is 1.39 bits per heavy atom. The van der Waals surface area contributed by atoms with Gasteiger partial charge in [0.25, 0.3) is 0 Å². The zero-order chi connectivity index (χ0) is 17.2. The average Bonchev–Trinajstić information content (AvgIpc) is 2.89. The molecule has 0 spiro atoms. The number of piperidine rings is 1. The van der Waals surface area contributed by atoms with Crippen LogP contribution >= 0.6 is 0 Å². The second-order valence-corrected chi connectivity index (χ2v) is 6.71. The highest BCUT2D eigenvalue weighted by atomic mass is 16.6. The van der Waals surface area contributed by atoms with Crippen molar-refractivity contribution in [2.75, 3.05) is 13.1 Å². The summed E-state index contributed by atoms with van der Waals surface area (Å²) in [6, 6.07) is -0.0770. The first-order valence-corrected chi connectivity index (χ1v) is 7.88. The molecule has 1 aliphatic rings. The Labute approximate surface area is 135 Å². The zero-order valence-corrected chi connectivity index (χ0v) is 14.1. The summed E-state index contributed by atoms with van der Waals surface area (Å²) in [6.07, 6.45) is 1.82. The number of amides is 1. The molecular formula is C15H24N4O4. The van der Waals surface area contributed by atoms with Crippen LogP contribution in [0.1, 0.15) is 62.8 Å². The van der Waals surface area contributed by atoms with Gasteiger partial charge in [0, 0.05) is 13.1 Å². The number of ether oxygens (including phenoxy) is 1. The highest BCUT2D eigenvalue weighted by molar-refractivity contribution is 5.86. The van der Waals surface area contributed by atoms with Gasteiger partial charge in [-0.3, -0.25) is 0 Å². The van der Waals surface area contributed by atoms with Crippen molar-refractivity contribution in [2.45, 2.75) is 58.6 Å². The van der Waals surface area contributed by atoms with Crippen LogP contribution in [-0.2, 0) is 11.2 Å². The van der Waals surface area contributed by atoms with E-state index in [-0.39, 0.29) is 17.8 Å². The molecule has 0 saturated carbocycles. The van der Waals surface area contributed by atoms with Crippen LogP contribution in [0.3, 0.4) is 0 Å². The smallest absolute Gasteiger partial charge is 0.410 e. The first-order chi connectivity index (χ1) is 10.7. The van der Waals surface area contributed by atoms with E-state index in [1.807, 2.05) is 27.7 Å². The lowest BCUT2D eigenvalue weighted by Gasteiger charge is -2.34. The minimum atomic E-state index is -1.08. The Kier molecular flexibility index (Phi) is 4.91. The number of carboxylic acid groups (broad SMARTS) is 1. The molecule has 1 atom stereocenters. The van der Waals surface area contributed by atoms with Crippen LogP contribution in [-0.4, -0.2) is 55.8 Å². The van der Waals surface area contributed by atoms with Crippen molar-refractivity contribution in [3.05, 3.63) is 11.4 Å². The van der Waals surface area contributed by atoms with Crippen molar-refractivity contribution >= 4 is 12.1 Å².